The second kappa shape index (κ2) is 10.0. The van der Waals surface area contributed by atoms with Gasteiger partial charge in [0, 0.05) is 0 Å². The zero-order valence-corrected chi connectivity index (χ0v) is 24.0. The molecule has 29 heavy (non-hydrogen) atoms. The van der Waals surface area contributed by atoms with Crippen molar-refractivity contribution in [2.75, 3.05) is 0 Å². The van der Waals surface area contributed by atoms with E-state index in [4.69, 9.17) is 13.3 Å². The van der Waals surface area contributed by atoms with Gasteiger partial charge in [0.15, 0.2) is 0 Å². The van der Waals surface area contributed by atoms with E-state index in [2.05, 4.69) is 111 Å². The van der Waals surface area contributed by atoms with Crippen LogP contribution in [-0.4, -0.2) is 22.4 Å². The van der Waals surface area contributed by atoms with Crippen LogP contribution in [0, 0.1) is 23.7 Å². The molecule has 0 heterocycles. The monoisotopic (exact) mass is 452 g/mol. The van der Waals surface area contributed by atoms with Crippen LogP contribution < -0.4 is 0 Å². The molecule has 0 bridgehead atoms. The van der Waals surface area contributed by atoms with Gasteiger partial charge in [-0.25, -0.2) is 0 Å². The molecule has 0 N–H and O–H groups in total. The first kappa shape index (κ1) is 29.6. The van der Waals surface area contributed by atoms with Gasteiger partial charge in [-0.1, -0.05) is 0 Å². The van der Waals surface area contributed by atoms with E-state index in [1.165, 1.54) is 0 Å². The maximum atomic E-state index is 6.87. The van der Waals surface area contributed by atoms with Gasteiger partial charge in [0.1, 0.15) is 0 Å². The first-order chi connectivity index (χ1) is 12.6. The zero-order valence-electron chi connectivity index (χ0n) is 22.4. The van der Waals surface area contributed by atoms with E-state index in [9.17, 15) is 0 Å². The first-order valence-corrected chi connectivity index (χ1v) is 14.0. The van der Waals surface area contributed by atoms with Gasteiger partial charge in [-0.05, 0) is 0 Å². The van der Waals surface area contributed by atoms with Crippen molar-refractivity contribution >= 4 is 0 Å². The van der Waals surface area contributed by atoms with Crippen molar-refractivity contribution in [3.63, 3.8) is 0 Å². The van der Waals surface area contributed by atoms with Crippen molar-refractivity contribution in [1.82, 2.24) is 0 Å². The summed E-state index contributed by atoms with van der Waals surface area (Å²) in [6.45, 7) is 34.2. The molecule has 0 amide bonds. The van der Waals surface area contributed by atoms with Crippen LogP contribution >= 0.6 is 0 Å². The van der Waals surface area contributed by atoms with Crippen molar-refractivity contribution in [2.45, 2.75) is 133 Å². The van der Waals surface area contributed by atoms with Crippen LogP contribution in [-0.2, 0) is 31.4 Å². The van der Waals surface area contributed by atoms with Crippen molar-refractivity contribution in [1.29, 1.82) is 0 Å². The quantitative estimate of drug-likeness (QED) is 0.286. The molecule has 0 radical (unpaired) electrons. The van der Waals surface area contributed by atoms with Crippen LogP contribution in [0.25, 0.3) is 0 Å². The SMILES string of the molecule is CC(C)C(C)(C)[O][Ti]([O]C(C)(C)C(C)C)([O]C(C)(C)C(C)C)[O]C(C)(C)C(C)C. The molecule has 0 unspecified atom stereocenters. The van der Waals surface area contributed by atoms with Crippen LogP contribution in [0.3, 0.4) is 0 Å². The molecule has 0 aromatic rings. The summed E-state index contributed by atoms with van der Waals surface area (Å²) in [4.78, 5) is 0. The molecule has 0 rings (SSSR count). The minimum atomic E-state index is -4.27. The number of rotatable bonds is 12. The Balaban J connectivity index is 6.59. The Bertz CT molecular complexity index is 412. The molecule has 0 aromatic carbocycles. The fourth-order valence-corrected chi connectivity index (χ4v) is 7.77. The second-order valence-corrected chi connectivity index (χ2v) is 14.8. The van der Waals surface area contributed by atoms with Gasteiger partial charge < -0.3 is 0 Å². The average molecular weight is 453 g/mol. The van der Waals surface area contributed by atoms with Gasteiger partial charge in [-0.3, -0.25) is 0 Å². The molecule has 0 aromatic heterocycles. The van der Waals surface area contributed by atoms with Crippen molar-refractivity contribution in [3.8, 4) is 0 Å². The fourth-order valence-electron chi connectivity index (χ4n) is 1.89. The molecule has 0 spiro atoms. The van der Waals surface area contributed by atoms with Crippen LogP contribution in [0.15, 0.2) is 0 Å². The van der Waals surface area contributed by atoms with Crippen LogP contribution in [0.1, 0.15) is 111 Å². The maximum absolute atomic E-state index is 6.87. The molecule has 0 aliphatic carbocycles. The van der Waals surface area contributed by atoms with Gasteiger partial charge in [0.25, 0.3) is 0 Å². The normalized spacial score (nSPS) is 15.3. The predicted molar refractivity (Wildman–Crippen MR) is 120 cm³/mol. The summed E-state index contributed by atoms with van der Waals surface area (Å²) in [6.07, 6.45) is 0. The summed E-state index contributed by atoms with van der Waals surface area (Å²) in [5.41, 5.74) is -1.75. The van der Waals surface area contributed by atoms with E-state index in [1.54, 1.807) is 0 Å². The molecule has 4 nitrogen and oxygen atoms in total. The summed E-state index contributed by atoms with van der Waals surface area (Å²) in [6, 6.07) is 0. The van der Waals surface area contributed by atoms with Crippen molar-refractivity contribution in [2.24, 2.45) is 23.7 Å². The Kier molecular flexibility index (Phi) is 10.2. The van der Waals surface area contributed by atoms with E-state index in [1.807, 2.05) is 0 Å². The third kappa shape index (κ3) is 8.54. The van der Waals surface area contributed by atoms with E-state index < -0.39 is 40.5 Å². The summed E-state index contributed by atoms with van der Waals surface area (Å²) >= 11 is -4.27. The fraction of sp³-hybridized carbons (Fsp3) is 1.00. The third-order valence-electron chi connectivity index (χ3n) is 7.11. The Morgan fingerprint density at radius 2 is 0.517 bits per heavy atom. The van der Waals surface area contributed by atoms with E-state index in [-0.39, 0.29) is 23.7 Å². The molecule has 176 valence electrons. The van der Waals surface area contributed by atoms with Gasteiger partial charge in [0.2, 0.25) is 0 Å². The Hall–Kier alpha value is 0.554. The molecule has 0 aliphatic heterocycles. The molecular formula is C24H52O4Ti. The molecular weight excluding hydrogens is 400 g/mol. The van der Waals surface area contributed by atoms with Crippen molar-refractivity contribution in [3.05, 3.63) is 0 Å². The molecule has 0 atom stereocenters. The van der Waals surface area contributed by atoms with Crippen molar-refractivity contribution < 1.29 is 31.4 Å². The summed E-state index contributed by atoms with van der Waals surface area (Å²) in [5, 5.41) is 0. The molecule has 0 fully saturated rings. The van der Waals surface area contributed by atoms with Gasteiger partial charge >= 0.3 is 188 Å². The topological polar surface area (TPSA) is 36.9 Å². The summed E-state index contributed by atoms with van der Waals surface area (Å²) in [5.74, 6) is 1.15. The van der Waals surface area contributed by atoms with E-state index >= 15 is 0 Å². The van der Waals surface area contributed by atoms with Crippen LogP contribution in [0.4, 0.5) is 0 Å². The minimum absolute atomic E-state index is 0.287. The molecule has 0 saturated heterocycles. The Morgan fingerprint density at radius 1 is 0.379 bits per heavy atom. The second-order valence-electron chi connectivity index (χ2n) is 11.9. The number of hydrogen-bond donors (Lipinski definition) is 0. The summed E-state index contributed by atoms with van der Waals surface area (Å²) in [7, 11) is 0. The van der Waals surface area contributed by atoms with E-state index in [0.717, 1.165) is 0 Å². The van der Waals surface area contributed by atoms with Gasteiger partial charge in [-0.2, -0.15) is 0 Å². The third-order valence-corrected chi connectivity index (χ3v) is 12.0. The zero-order chi connectivity index (χ0) is 23.6. The van der Waals surface area contributed by atoms with Crippen LogP contribution in [0.2, 0.25) is 0 Å². The molecule has 5 heteroatoms. The predicted octanol–water partition coefficient (Wildman–Crippen LogP) is 7.61. The molecule has 0 aliphatic rings. The van der Waals surface area contributed by atoms with Crippen LogP contribution in [0.5, 0.6) is 0 Å². The van der Waals surface area contributed by atoms with E-state index in [0.29, 0.717) is 0 Å². The summed E-state index contributed by atoms with van der Waals surface area (Å²) < 4.78 is 27.5. The first-order valence-electron chi connectivity index (χ1n) is 11.4. The van der Waals surface area contributed by atoms with Gasteiger partial charge in [-0.15, -0.1) is 0 Å². The standard InChI is InChI=1S/4C6H13O.Ti/c4*1-5(2)6(3,4)7;/h4*5H,1-4H3;/q4*-1;+4. The van der Waals surface area contributed by atoms with Gasteiger partial charge in [0.05, 0.1) is 0 Å². The average Bonchev–Trinajstić information content (AvgIpc) is 2.43. The molecule has 0 saturated carbocycles. The number of hydrogen-bond acceptors (Lipinski definition) is 4. The Morgan fingerprint density at radius 3 is 0.621 bits per heavy atom. The Labute approximate surface area is 188 Å².